The van der Waals surface area contributed by atoms with Crippen LogP contribution in [0, 0.1) is 0 Å². The van der Waals surface area contributed by atoms with Crippen molar-refractivity contribution in [2.24, 2.45) is 0 Å². The fourth-order valence-electron chi connectivity index (χ4n) is 3.24. The van der Waals surface area contributed by atoms with Crippen LogP contribution in [0.25, 0.3) is 0 Å². The highest BCUT2D eigenvalue weighted by atomic mass is 16.7. The van der Waals surface area contributed by atoms with E-state index in [2.05, 4.69) is 54.6 Å². The van der Waals surface area contributed by atoms with Gasteiger partial charge in [0.05, 0.1) is 13.2 Å². The van der Waals surface area contributed by atoms with Crippen molar-refractivity contribution in [3.63, 3.8) is 0 Å². The largest absolute Gasteiger partial charge is 0.377 e. The summed E-state index contributed by atoms with van der Waals surface area (Å²) < 4.78 is 17.3. The monoisotopic (exact) mass is 354 g/mol. The number of hydrogen-bond acceptors (Lipinski definition) is 3. The van der Waals surface area contributed by atoms with Gasteiger partial charge in [-0.05, 0) is 55.2 Å². The molecule has 0 N–H and O–H groups in total. The Morgan fingerprint density at radius 1 is 0.846 bits per heavy atom. The Kier molecular flexibility index (Phi) is 8.17. The van der Waals surface area contributed by atoms with Gasteiger partial charge in [0.1, 0.15) is 0 Å². The van der Waals surface area contributed by atoms with Crippen LogP contribution in [0.5, 0.6) is 0 Å². The molecule has 0 aliphatic carbocycles. The molecular formula is C23H30O3. The third-order valence-corrected chi connectivity index (χ3v) is 4.69. The van der Waals surface area contributed by atoms with Crippen LogP contribution >= 0.6 is 0 Å². The molecule has 1 fully saturated rings. The lowest BCUT2D eigenvalue weighted by molar-refractivity contribution is -0.161. The zero-order valence-corrected chi connectivity index (χ0v) is 15.6. The first kappa shape index (κ1) is 19.1. The number of ether oxygens (including phenoxy) is 3. The molecular weight excluding hydrogens is 324 g/mol. The maximum absolute atomic E-state index is 5.84. The molecule has 0 aromatic heterocycles. The summed E-state index contributed by atoms with van der Waals surface area (Å²) in [6, 6.07) is 19.2. The van der Waals surface area contributed by atoms with Crippen molar-refractivity contribution in [3.8, 4) is 0 Å². The lowest BCUT2D eigenvalue weighted by Crippen LogP contribution is -2.23. The standard InChI is InChI=1S/C23H30O3/c1-2-8-20(9-3-1)12-7-15-24-19-22-11-6-10-21(18-22)14-17-26-23-13-4-5-16-25-23/h1-3,6,8-11,18,23H,4-5,7,12-17,19H2. The maximum atomic E-state index is 5.84. The Hall–Kier alpha value is -1.68. The summed E-state index contributed by atoms with van der Waals surface area (Å²) in [6.07, 6.45) is 6.44. The van der Waals surface area contributed by atoms with Gasteiger partial charge in [0, 0.05) is 13.2 Å². The number of benzene rings is 2. The van der Waals surface area contributed by atoms with Crippen LogP contribution < -0.4 is 0 Å². The summed E-state index contributed by atoms with van der Waals surface area (Å²) in [4.78, 5) is 0. The highest BCUT2D eigenvalue weighted by Gasteiger charge is 2.13. The molecule has 140 valence electrons. The Morgan fingerprint density at radius 2 is 1.69 bits per heavy atom. The van der Waals surface area contributed by atoms with Crippen LogP contribution in [0.1, 0.15) is 42.4 Å². The Labute approximate surface area is 157 Å². The summed E-state index contributed by atoms with van der Waals surface area (Å²) in [5.41, 5.74) is 3.90. The van der Waals surface area contributed by atoms with Gasteiger partial charge in [-0.2, -0.15) is 0 Å². The number of rotatable bonds is 10. The fourth-order valence-corrected chi connectivity index (χ4v) is 3.24. The number of hydrogen-bond donors (Lipinski definition) is 0. The topological polar surface area (TPSA) is 27.7 Å². The van der Waals surface area contributed by atoms with Gasteiger partial charge in [-0.1, -0.05) is 54.6 Å². The van der Waals surface area contributed by atoms with E-state index in [4.69, 9.17) is 14.2 Å². The summed E-state index contributed by atoms with van der Waals surface area (Å²) >= 11 is 0. The molecule has 1 atom stereocenters. The average Bonchev–Trinajstić information content (AvgIpc) is 2.70. The van der Waals surface area contributed by atoms with Gasteiger partial charge >= 0.3 is 0 Å². The average molecular weight is 354 g/mol. The van der Waals surface area contributed by atoms with Crippen LogP contribution in [0.2, 0.25) is 0 Å². The lowest BCUT2D eigenvalue weighted by Gasteiger charge is -2.22. The third kappa shape index (κ3) is 6.91. The second-order valence-electron chi connectivity index (χ2n) is 6.88. The second-order valence-corrected chi connectivity index (χ2v) is 6.88. The van der Waals surface area contributed by atoms with Crippen LogP contribution in [0.4, 0.5) is 0 Å². The molecule has 3 rings (SSSR count). The van der Waals surface area contributed by atoms with Gasteiger partial charge < -0.3 is 14.2 Å². The predicted octanol–water partition coefficient (Wildman–Crippen LogP) is 4.92. The summed E-state index contributed by atoms with van der Waals surface area (Å²) in [6.45, 7) is 3.02. The zero-order chi connectivity index (χ0) is 17.9. The molecule has 26 heavy (non-hydrogen) atoms. The summed E-state index contributed by atoms with van der Waals surface area (Å²) in [5, 5.41) is 0. The van der Waals surface area contributed by atoms with Crippen molar-refractivity contribution in [2.75, 3.05) is 19.8 Å². The van der Waals surface area contributed by atoms with Crippen molar-refractivity contribution in [1.82, 2.24) is 0 Å². The molecule has 1 aliphatic heterocycles. The van der Waals surface area contributed by atoms with Gasteiger partial charge in [0.15, 0.2) is 6.29 Å². The van der Waals surface area contributed by atoms with E-state index in [9.17, 15) is 0 Å². The number of aryl methyl sites for hydroxylation is 1. The molecule has 1 heterocycles. The first-order valence-electron chi connectivity index (χ1n) is 9.83. The quantitative estimate of drug-likeness (QED) is 0.567. The molecule has 0 spiro atoms. The van der Waals surface area contributed by atoms with Crippen LogP contribution in [-0.2, 0) is 33.7 Å². The first-order chi connectivity index (χ1) is 12.9. The highest BCUT2D eigenvalue weighted by molar-refractivity contribution is 5.23. The molecule has 3 heteroatoms. The third-order valence-electron chi connectivity index (χ3n) is 4.69. The van der Waals surface area contributed by atoms with E-state index in [1.165, 1.54) is 23.1 Å². The summed E-state index contributed by atoms with van der Waals surface area (Å²) in [7, 11) is 0. The van der Waals surface area contributed by atoms with Crippen LogP contribution in [0.3, 0.4) is 0 Å². The lowest BCUT2D eigenvalue weighted by atomic mass is 10.1. The van der Waals surface area contributed by atoms with Crippen LogP contribution in [0.15, 0.2) is 54.6 Å². The van der Waals surface area contributed by atoms with Crippen molar-refractivity contribution >= 4 is 0 Å². The minimum absolute atomic E-state index is 0.000111. The molecule has 3 nitrogen and oxygen atoms in total. The second kappa shape index (κ2) is 11.1. The van der Waals surface area contributed by atoms with E-state index in [1.54, 1.807) is 0 Å². The molecule has 1 saturated heterocycles. The zero-order valence-electron chi connectivity index (χ0n) is 15.6. The molecule has 0 bridgehead atoms. The Balaban J connectivity index is 1.31. The summed E-state index contributed by atoms with van der Waals surface area (Å²) in [5.74, 6) is 0. The van der Waals surface area contributed by atoms with Crippen molar-refractivity contribution in [2.45, 2.75) is 51.4 Å². The van der Waals surface area contributed by atoms with Gasteiger partial charge in [-0.3, -0.25) is 0 Å². The van der Waals surface area contributed by atoms with E-state index >= 15 is 0 Å². The predicted molar refractivity (Wildman–Crippen MR) is 104 cm³/mol. The smallest absolute Gasteiger partial charge is 0.157 e. The molecule has 2 aromatic rings. The van der Waals surface area contributed by atoms with Gasteiger partial charge in [-0.15, -0.1) is 0 Å². The maximum Gasteiger partial charge on any atom is 0.157 e. The fraction of sp³-hybridized carbons (Fsp3) is 0.478. The Morgan fingerprint density at radius 3 is 2.54 bits per heavy atom. The minimum atomic E-state index is -0.000111. The van der Waals surface area contributed by atoms with Crippen molar-refractivity contribution in [1.29, 1.82) is 0 Å². The highest BCUT2D eigenvalue weighted by Crippen LogP contribution is 2.14. The van der Waals surface area contributed by atoms with Gasteiger partial charge in [-0.25, -0.2) is 0 Å². The minimum Gasteiger partial charge on any atom is -0.377 e. The van der Waals surface area contributed by atoms with Crippen LogP contribution in [-0.4, -0.2) is 26.1 Å². The normalized spacial score (nSPS) is 17.3. The molecule has 0 amide bonds. The molecule has 0 radical (unpaired) electrons. The van der Waals surface area contributed by atoms with E-state index in [0.717, 1.165) is 45.3 Å². The first-order valence-corrected chi connectivity index (χ1v) is 9.83. The van der Waals surface area contributed by atoms with E-state index in [-0.39, 0.29) is 6.29 Å². The van der Waals surface area contributed by atoms with E-state index in [0.29, 0.717) is 13.2 Å². The van der Waals surface area contributed by atoms with E-state index < -0.39 is 0 Å². The molecule has 1 aliphatic rings. The van der Waals surface area contributed by atoms with Crippen molar-refractivity contribution in [3.05, 3.63) is 71.3 Å². The van der Waals surface area contributed by atoms with Gasteiger partial charge in [0.2, 0.25) is 0 Å². The van der Waals surface area contributed by atoms with Crippen molar-refractivity contribution < 1.29 is 14.2 Å². The molecule has 0 saturated carbocycles. The van der Waals surface area contributed by atoms with E-state index in [1.807, 2.05) is 0 Å². The SMILES string of the molecule is c1ccc(CCCOCc2cccc(CCOC3CCCCO3)c2)cc1. The molecule has 2 aromatic carbocycles. The molecule has 1 unspecified atom stereocenters. The van der Waals surface area contributed by atoms with Gasteiger partial charge in [0.25, 0.3) is 0 Å². The Bertz CT molecular complexity index is 620.